The van der Waals surface area contributed by atoms with Crippen LogP contribution in [0.3, 0.4) is 0 Å². The Hall–Kier alpha value is 0.0274. The van der Waals surface area contributed by atoms with Gasteiger partial charge < -0.3 is 14.8 Å². The van der Waals surface area contributed by atoms with Crippen LogP contribution in [0.4, 0.5) is 0 Å². The summed E-state index contributed by atoms with van der Waals surface area (Å²) in [6, 6.07) is 0.561. The van der Waals surface area contributed by atoms with E-state index in [0.29, 0.717) is 6.04 Å². The molecule has 3 nitrogen and oxygen atoms in total. The molecular formula is C25H50LiNO2. The molecule has 0 amide bonds. The van der Waals surface area contributed by atoms with Gasteiger partial charge in [-0.05, 0) is 51.6 Å². The van der Waals surface area contributed by atoms with Gasteiger partial charge in [-0.1, -0.05) is 97.8 Å². The van der Waals surface area contributed by atoms with E-state index in [1.807, 2.05) is 0 Å². The summed E-state index contributed by atoms with van der Waals surface area (Å²) in [6.45, 7) is 9.19. The number of carboxylic acids is 1. The monoisotopic (exact) mass is 403 g/mol. The quantitative estimate of drug-likeness (QED) is 0.205. The van der Waals surface area contributed by atoms with Crippen molar-refractivity contribution in [2.45, 2.75) is 142 Å². The molecule has 0 radical (unpaired) electrons. The van der Waals surface area contributed by atoms with E-state index in [0.717, 1.165) is 12.8 Å². The molecule has 0 fully saturated rings. The molecule has 0 aliphatic carbocycles. The minimum absolute atomic E-state index is 0. The minimum atomic E-state index is -0.896. The summed E-state index contributed by atoms with van der Waals surface area (Å²) in [7, 11) is 0. The largest absolute Gasteiger partial charge is 1.00 e. The molecule has 0 aliphatic heterocycles. The third-order valence-corrected chi connectivity index (χ3v) is 5.92. The van der Waals surface area contributed by atoms with Crippen LogP contribution < -0.4 is 24.0 Å². The number of unbranched alkanes of at least 4 members (excludes halogenated alkanes) is 11. The summed E-state index contributed by atoms with van der Waals surface area (Å²) in [5.41, 5.74) is 0. The number of hydrogen-bond donors (Lipinski definition) is 0. The topological polar surface area (TPSA) is 43.4 Å². The van der Waals surface area contributed by atoms with E-state index in [1.54, 1.807) is 0 Å². The molecule has 4 heteroatoms. The van der Waals surface area contributed by atoms with Gasteiger partial charge in [-0.15, -0.1) is 0 Å². The SMILES string of the molecule is CCCCCCCCN(CCCCCCCC)C(CCCC)CCCC(=O)[O-].[Li+]. The van der Waals surface area contributed by atoms with Crippen molar-refractivity contribution >= 4 is 5.97 Å². The van der Waals surface area contributed by atoms with Crippen LogP contribution in [0.15, 0.2) is 0 Å². The molecule has 1 atom stereocenters. The zero-order chi connectivity index (χ0) is 20.9. The second-order valence-electron chi connectivity index (χ2n) is 8.63. The van der Waals surface area contributed by atoms with Crippen LogP contribution >= 0.6 is 0 Å². The van der Waals surface area contributed by atoms with Crippen LogP contribution in [-0.2, 0) is 4.79 Å². The molecule has 29 heavy (non-hydrogen) atoms. The Balaban J connectivity index is 0. The average Bonchev–Trinajstić information content (AvgIpc) is 2.68. The molecule has 1 unspecified atom stereocenters. The van der Waals surface area contributed by atoms with Crippen molar-refractivity contribution < 1.29 is 28.8 Å². The van der Waals surface area contributed by atoms with Crippen LogP contribution in [0.5, 0.6) is 0 Å². The number of carbonyl (C=O) groups is 1. The molecule has 0 saturated heterocycles. The molecule has 0 rings (SSSR count). The number of carboxylic acid groups (broad SMARTS) is 1. The summed E-state index contributed by atoms with van der Waals surface area (Å²) in [5, 5.41) is 10.8. The predicted octanol–water partition coefficient (Wildman–Crippen LogP) is 3.49. The average molecular weight is 404 g/mol. The Bertz CT molecular complexity index is 323. The minimum Gasteiger partial charge on any atom is -0.550 e. The molecule has 0 aromatic carbocycles. The molecule has 0 aromatic rings. The van der Waals surface area contributed by atoms with Gasteiger partial charge in [-0.25, -0.2) is 0 Å². The molecule has 0 aliphatic rings. The van der Waals surface area contributed by atoms with Crippen molar-refractivity contribution in [2.75, 3.05) is 13.1 Å². The first-order chi connectivity index (χ1) is 13.7. The van der Waals surface area contributed by atoms with Crippen LogP contribution in [-0.4, -0.2) is 30.0 Å². The molecule has 0 heterocycles. The molecule has 0 bridgehead atoms. The van der Waals surface area contributed by atoms with E-state index >= 15 is 0 Å². The number of aliphatic carboxylic acids is 1. The van der Waals surface area contributed by atoms with Gasteiger partial charge in [0, 0.05) is 12.0 Å². The standard InChI is InChI=1S/C25H51NO2.Li/c1-4-7-10-12-14-16-22-26(23-17-15-13-11-8-5-2)24(19-9-6-3)20-18-21-25(27)28;/h24H,4-23H2,1-3H3,(H,27,28);/q;+1/p-1. The summed E-state index contributed by atoms with van der Waals surface area (Å²) < 4.78 is 0. The van der Waals surface area contributed by atoms with Gasteiger partial charge in [-0.3, -0.25) is 0 Å². The van der Waals surface area contributed by atoms with Gasteiger partial charge in [0.1, 0.15) is 0 Å². The molecule has 168 valence electrons. The van der Waals surface area contributed by atoms with Crippen LogP contribution in [0.2, 0.25) is 0 Å². The normalized spacial score (nSPS) is 12.1. The maximum atomic E-state index is 10.8. The fourth-order valence-corrected chi connectivity index (χ4v) is 4.10. The summed E-state index contributed by atoms with van der Waals surface area (Å²) >= 11 is 0. The van der Waals surface area contributed by atoms with Gasteiger partial charge in [0.2, 0.25) is 0 Å². The van der Waals surface area contributed by atoms with Crippen molar-refractivity contribution in [3.63, 3.8) is 0 Å². The molecule has 0 saturated carbocycles. The van der Waals surface area contributed by atoms with Gasteiger partial charge in [0.15, 0.2) is 0 Å². The van der Waals surface area contributed by atoms with E-state index in [2.05, 4.69) is 25.7 Å². The van der Waals surface area contributed by atoms with Crippen molar-refractivity contribution in [1.82, 2.24) is 4.90 Å². The van der Waals surface area contributed by atoms with Crippen molar-refractivity contribution in [2.24, 2.45) is 0 Å². The third-order valence-electron chi connectivity index (χ3n) is 5.92. The second-order valence-corrected chi connectivity index (χ2v) is 8.63. The van der Waals surface area contributed by atoms with Gasteiger partial charge in [0.05, 0.1) is 0 Å². The van der Waals surface area contributed by atoms with E-state index in [9.17, 15) is 9.90 Å². The molecular weight excluding hydrogens is 353 g/mol. The Labute approximate surface area is 195 Å². The number of nitrogens with zero attached hydrogens (tertiary/aromatic N) is 1. The molecule has 0 spiro atoms. The second kappa shape index (κ2) is 24.3. The zero-order valence-electron chi connectivity index (χ0n) is 20.5. The van der Waals surface area contributed by atoms with E-state index < -0.39 is 5.97 Å². The van der Waals surface area contributed by atoms with Gasteiger partial charge >= 0.3 is 18.9 Å². The summed E-state index contributed by atoms with van der Waals surface area (Å²) in [4.78, 5) is 13.5. The first-order valence-electron chi connectivity index (χ1n) is 12.6. The van der Waals surface area contributed by atoms with Crippen molar-refractivity contribution in [3.05, 3.63) is 0 Å². The predicted molar refractivity (Wildman–Crippen MR) is 120 cm³/mol. The number of rotatable bonds is 22. The van der Waals surface area contributed by atoms with E-state index in [4.69, 9.17) is 0 Å². The van der Waals surface area contributed by atoms with E-state index in [-0.39, 0.29) is 25.3 Å². The van der Waals surface area contributed by atoms with Crippen LogP contribution in [0.25, 0.3) is 0 Å². The van der Waals surface area contributed by atoms with Gasteiger partial charge in [-0.2, -0.15) is 0 Å². The Kier molecular flexibility index (Phi) is 26.2. The summed E-state index contributed by atoms with van der Waals surface area (Å²) in [6.07, 6.45) is 21.8. The Morgan fingerprint density at radius 3 is 1.52 bits per heavy atom. The molecule has 0 N–H and O–H groups in total. The molecule has 0 aromatic heterocycles. The third kappa shape index (κ3) is 21.1. The fraction of sp³-hybridized carbons (Fsp3) is 0.960. The van der Waals surface area contributed by atoms with Crippen molar-refractivity contribution in [3.8, 4) is 0 Å². The Morgan fingerprint density at radius 1 is 0.655 bits per heavy atom. The van der Waals surface area contributed by atoms with Crippen molar-refractivity contribution in [1.29, 1.82) is 0 Å². The van der Waals surface area contributed by atoms with Crippen LogP contribution in [0, 0.1) is 0 Å². The smallest absolute Gasteiger partial charge is 0.550 e. The van der Waals surface area contributed by atoms with Gasteiger partial charge in [0.25, 0.3) is 0 Å². The zero-order valence-corrected chi connectivity index (χ0v) is 20.5. The number of hydrogen-bond acceptors (Lipinski definition) is 3. The number of carbonyl (C=O) groups excluding carboxylic acids is 1. The van der Waals surface area contributed by atoms with Crippen LogP contribution in [0.1, 0.15) is 136 Å². The first kappa shape index (κ1) is 31.2. The van der Waals surface area contributed by atoms with E-state index in [1.165, 1.54) is 109 Å². The first-order valence-corrected chi connectivity index (χ1v) is 12.6. The summed E-state index contributed by atoms with van der Waals surface area (Å²) in [5.74, 6) is -0.896. The maximum absolute atomic E-state index is 10.8. The maximum Gasteiger partial charge on any atom is 1.00 e. The Morgan fingerprint density at radius 2 is 1.07 bits per heavy atom. The fourth-order valence-electron chi connectivity index (χ4n) is 4.10.